The SMILES string of the molecule is O=S(=O)(c1ccc(OC(F)(F)F)cc1)N1CC(O)C1. The van der Waals surface area contributed by atoms with Crippen molar-refractivity contribution in [1.82, 2.24) is 4.31 Å². The number of hydrogen-bond donors (Lipinski definition) is 1. The van der Waals surface area contributed by atoms with Crippen LogP contribution in [0.1, 0.15) is 0 Å². The van der Waals surface area contributed by atoms with Gasteiger partial charge in [-0.3, -0.25) is 0 Å². The molecule has 9 heteroatoms. The lowest BCUT2D eigenvalue weighted by molar-refractivity contribution is -0.274. The standard InChI is InChI=1S/C10H10F3NO4S/c11-10(12,13)18-8-1-3-9(4-2-8)19(16,17)14-5-7(15)6-14/h1-4,7,15H,5-6H2. The van der Waals surface area contributed by atoms with Crippen molar-refractivity contribution in [2.75, 3.05) is 13.1 Å². The molecule has 0 amide bonds. The normalized spacial score (nSPS) is 18.1. The molecule has 1 heterocycles. The van der Waals surface area contributed by atoms with Crippen LogP contribution in [0.2, 0.25) is 0 Å². The number of aliphatic hydroxyl groups excluding tert-OH is 1. The van der Waals surface area contributed by atoms with E-state index in [1.165, 1.54) is 0 Å². The molecule has 5 nitrogen and oxygen atoms in total. The first-order valence-electron chi connectivity index (χ1n) is 5.22. The van der Waals surface area contributed by atoms with Crippen molar-refractivity contribution in [3.8, 4) is 5.75 Å². The average molecular weight is 297 g/mol. The van der Waals surface area contributed by atoms with Crippen molar-refractivity contribution in [1.29, 1.82) is 0 Å². The Morgan fingerprint density at radius 1 is 1.21 bits per heavy atom. The van der Waals surface area contributed by atoms with Gasteiger partial charge < -0.3 is 9.84 Å². The Kier molecular flexibility index (Phi) is 3.45. The zero-order chi connectivity index (χ0) is 14.3. The van der Waals surface area contributed by atoms with Crippen LogP contribution in [0.5, 0.6) is 5.75 Å². The molecular formula is C10H10F3NO4S. The minimum absolute atomic E-state index is 0.0108. The number of nitrogens with zero attached hydrogens (tertiary/aromatic N) is 1. The van der Waals surface area contributed by atoms with Crippen LogP contribution in [0.3, 0.4) is 0 Å². The van der Waals surface area contributed by atoms with Gasteiger partial charge in [-0.1, -0.05) is 0 Å². The third-order valence-corrected chi connectivity index (χ3v) is 4.37. The van der Waals surface area contributed by atoms with Gasteiger partial charge in [-0.05, 0) is 24.3 Å². The van der Waals surface area contributed by atoms with E-state index in [0.717, 1.165) is 28.6 Å². The lowest BCUT2D eigenvalue weighted by atomic mass is 10.2. The van der Waals surface area contributed by atoms with Crippen LogP contribution in [0, 0.1) is 0 Å². The van der Waals surface area contributed by atoms with Gasteiger partial charge in [-0.15, -0.1) is 13.2 Å². The van der Waals surface area contributed by atoms with Gasteiger partial charge in [0.05, 0.1) is 11.0 Å². The molecule has 1 aliphatic heterocycles. The molecule has 19 heavy (non-hydrogen) atoms. The number of hydrogen-bond acceptors (Lipinski definition) is 4. The molecule has 106 valence electrons. The molecule has 1 N–H and O–H groups in total. The van der Waals surface area contributed by atoms with Crippen molar-refractivity contribution in [2.24, 2.45) is 0 Å². The van der Waals surface area contributed by atoms with Crippen molar-refractivity contribution in [3.63, 3.8) is 0 Å². The summed E-state index contributed by atoms with van der Waals surface area (Å²) in [5, 5.41) is 9.05. The third kappa shape index (κ3) is 3.17. The van der Waals surface area contributed by atoms with Gasteiger partial charge in [0, 0.05) is 13.1 Å². The van der Waals surface area contributed by atoms with E-state index in [0.29, 0.717) is 0 Å². The number of ether oxygens (including phenoxy) is 1. The van der Waals surface area contributed by atoms with Crippen LogP contribution >= 0.6 is 0 Å². The smallest absolute Gasteiger partial charge is 0.406 e. The predicted octanol–water partition coefficient (Wildman–Crippen LogP) is 0.950. The summed E-state index contributed by atoms with van der Waals surface area (Å²) in [6.45, 7) is -0.0216. The molecule has 0 atom stereocenters. The highest BCUT2D eigenvalue weighted by atomic mass is 32.2. The van der Waals surface area contributed by atoms with E-state index in [9.17, 15) is 21.6 Å². The Morgan fingerprint density at radius 2 is 1.74 bits per heavy atom. The molecule has 0 saturated carbocycles. The number of benzene rings is 1. The summed E-state index contributed by atoms with van der Waals surface area (Å²) in [6.07, 6.45) is -5.51. The van der Waals surface area contributed by atoms with Gasteiger partial charge in [0.1, 0.15) is 5.75 Å². The molecule has 0 aliphatic carbocycles. The Morgan fingerprint density at radius 3 is 2.16 bits per heavy atom. The topological polar surface area (TPSA) is 66.8 Å². The second-order valence-electron chi connectivity index (χ2n) is 4.00. The van der Waals surface area contributed by atoms with Gasteiger partial charge in [-0.25, -0.2) is 8.42 Å². The molecule has 1 aromatic rings. The summed E-state index contributed by atoms with van der Waals surface area (Å²) in [6, 6.07) is 3.91. The van der Waals surface area contributed by atoms with E-state index >= 15 is 0 Å². The predicted molar refractivity (Wildman–Crippen MR) is 57.9 cm³/mol. The number of alkyl halides is 3. The number of sulfonamides is 1. The fraction of sp³-hybridized carbons (Fsp3) is 0.400. The van der Waals surface area contributed by atoms with Gasteiger partial charge >= 0.3 is 6.36 Å². The maximum atomic E-state index is 11.9. The second-order valence-corrected chi connectivity index (χ2v) is 5.93. The first-order valence-corrected chi connectivity index (χ1v) is 6.66. The van der Waals surface area contributed by atoms with Crippen LogP contribution in [0.25, 0.3) is 0 Å². The van der Waals surface area contributed by atoms with Crippen LogP contribution in [0.4, 0.5) is 13.2 Å². The summed E-state index contributed by atoms with van der Waals surface area (Å²) < 4.78 is 64.3. The van der Waals surface area contributed by atoms with Crippen molar-refractivity contribution in [3.05, 3.63) is 24.3 Å². The van der Waals surface area contributed by atoms with Crippen molar-refractivity contribution in [2.45, 2.75) is 17.4 Å². The summed E-state index contributed by atoms with van der Waals surface area (Å²) in [5.74, 6) is -0.491. The number of aliphatic hydroxyl groups is 1. The Hall–Kier alpha value is -1.32. The van der Waals surface area contributed by atoms with Gasteiger partial charge in [0.15, 0.2) is 0 Å². The summed E-state index contributed by atoms with van der Waals surface area (Å²) in [4.78, 5) is -0.145. The minimum atomic E-state index is -4.82. The summed E-state index contributed by atoms with van der Waals surface area (Å²) in [5.41, 5.74) is 0. The molecule has 0 spiro atoms. The average Bonchev–Trinajstić information content (AvgIpc) is 2.23. The molecule has 1 aliphatic rings. The maximum Gasteiger partial charge on any atom is 0.573 e. The first kappa shape index (κ1) is 14.1. The highest BCUT2D eigenvalue weighted by Gasteiger charge is 2.36. The number of halogens is 3. The quantitative estimate of drug-likeness (QED) is 0.902. The molecular weight excluding hydrogens is 287 g/mol. The van der Waals surface area contributed by atoms with Crippen molar-refractivity contribution < 1.29 is 31.4 Å². The van der Waals surface area contributed by atoms with E-state index in [2.05, 4.69) is 4.74 Å². The highest BCUT2D eigenvalue weighted by Crippen LogP contribution is 2.26. The van der Waals surface area contributed by atoms with E-state index in [1.807, 2.05) is 0 Å². The highest BCUT2D eigenvalue weighted by molar-refractivity contribution is 7.89. The third-order valence-electron chi connectivity index (χ3n) is 2.52. The van der Waals surface area contributed by atoms with Crippen molar-refractivity contribution >= 4 is 10.0 Å². The molecule has 1 aromatic carbocycles. The van der Waals surface area contributed by atoms with Crippen LogP contribution in [-0.4, -0.2) is 43.4 Å². The van der Waals surface area contributed by atoms with Gasteiger partial charge in [0.25, 0.3) is 0 Å². The van der Waals surface area contributed by atoms with E-state index in [-0.39, 0.29) is 18.0 Å². The molecule has 1 fully saturated rings. The summed E-state index contributed by atoms with van der Waals surface area (Å²) >= 11 is 0. The zero-order valence-corrected chi connectivity index (χ0v) is 10.3. The molecule has 2 rings (SSSR count). The first-order chi connectivity index (χ1) is 8.68. The van der Waals surface area contributed by atoms with E-state index in [4.69, 9.17) is 5.11 Å². The Balaban J connectivity index is 2.14. The number of β-amino-alcohol motifs (C(OH)–C–C–N with tert-alkyl or cyclic N) is 1. The molecule has 0 radical (unpaired) electrons. The number of rotatable bonds is 3. The fourth-order valence-electron chi connectivity index (χ4n) is 1.58. The molecule has 0 bridgehead atoms. The van der Waals surface area contributed by atoms with Crippen LogP contribution in [0.15, 0.2) is 29.2 Å². The largest absolute Gasteiger partial charge is 0.573 e. The second kappa shape index (κ2) is 4.66. The van der Waals surface area contributed by atoms with Gasteiger partial charge in [0.2, 0.25) is 10.0 Å². The molecule has 0 aromatic heterocycles. The lowest BCUT2D eigenvalue weighted by Crippen LogP contribution is -2.53. The van der Waals surface area contributed by atoms with E-state index < -0.39 is 28.2 Å². The minimum Gasteiger partial charge on any atom is -0.406 e. The Bertz CT molecular complexity index is 549. The van der Waals surface area contributed by atoms with E-state index in [1.54, 1.807) is 0 Å². The zero-order valence-electron chi connectivity index (χ0n) is 9.46. The Labute approximate surface area is 107 Å². The van der Waals surface area contributed by atoms with Crippen LogP contribution < -0.4 is 4.74 Å². The van der Waals surface area contributed by atoms with Crippen LogP contribution in [-0.2, 0) is 10.0 Å². The fourth-order valence-corrected chi connectivity index (χ4v) is 3.09. The van der Waals surface area contributed by atoms with Gasteiger partial charge in [-0.2, -0.15) is 4.31 Å². The molecule has 1 saturated heterocycles. The maximum absolute atomic E-state index is 11.9. The summed E-state index contributed by atoms with van der Waals surface area (Å²) in [7, 11) is -3.76. The molecule has 0 unspecified atom stereocenters. The monoisotopic (exact) mass is 297 g/mol. The lowest BCUT2D eigenvalue weighted by Gasteiger charge is -2.34.